The molecule has 0 unspecified atom stereocenters. The first-order valence-corrected chi connectivity index (χ1v) is 9.39. The van der Waals surface area contributed by atoms with Gasteiger partial charge in [0.25, 0.3) is 17.7 Å². The Bertz CT molecular complexity index is 1130. The van der Waals surface area contributed by atoms with Gasteiger partial charge >= 0.3 is 0 Å². The van der Waals surface area contributed by atoms with Crippen LogP contribution in [-0.2, 0) is 14.4 Å². The summed E-state index contributed by atoms with van der Waals surface area (Å²) in [7, 11) is 0. The third kappa shape index (κ3) is 3.39. The normalized spacial score (nSPS) is 20.7. The number of benzene rings is 2. The molecule has 150 valence electrons. The molecule has 1 atom stereocenters. The Labute approximate surface area is 176 Å². The smallest absolute Gasteiger partial charge is 0.269 e. The number of anilines is 2. The number of thiocarbonyl (C=S) groups is 1. The van der Waals surface area contributed by atoms with Crippen LogP contribution < -0.4 is 15.2 Å². The van der Waals surface area contributed by atoms with Crippen molar-refractivity contribution in [2.75, 3.05) is 9.91 Å². The van der Waals surface area contributed by atoms with Crippen molar-refractivity contribution in [2.45, 2.75) is 6.92 Å². The first-order valence-electron chi connectivity index (χ1n) is 8.98. The van der Waals surface area contributed by atoms with E-state index < -0.39 is 23.5 Å². The maximum atomic E-state index is 13.2. The van der Waals surface area contributed by atoms with E-state index in [0.717, 1.165) is 4.90 Å². The number of hydrogen-bond acceptors (Lipinski definition) is 5. The molecule has 1 fully saturated rings. The first-order chi connectivity index (χ1) is 14.4. The fourth-order valence-electron chi connectivity index (χ4n) is 3.19. The van der Waals surface area contributed by atoms with Crippen molar-refractivity contribution >= 4 is 52.1 Å². The molecule has 30 heavy (non-hydrogen) atoms. The lowest BCUT2D eigenvalue weighted by atomic mass is 9.98. The highest BCUT2D eigenvalue weighted by atomic mass is 32.1. The topological polar surface area (TPSA) is 82.1 Å². The Kier molecular flexibility index (Phi) is 4.96. The van der Waals surface area contributed by atoms with Crippen molar-refractivity contribution in [2.24, 2.45) is 11.0 Å². The molecule has 2 aliphatic rings. The summed E-state index contributed by atoms with van der Waals surface area (Å²) in [6, 6.07) is 13.9. The molecule has 1 saturated heterocycles. The van der Waals surface area contributed by atoms with Gasteiger partial charge in [0, 0.05) is 0 Å². The predicted octanol–water partition coefficient (Wildman–Crippen LogP) is 2.54. The summed E-state index contributed by atoms with van der Waals surface area (Å²) >= 11 is 5.11. The lowest BCUT2D eigenvalue weighted by Gasteiger charge is -2.29. The van der Waals surface area contributed by atoms with Crippen LogP contribution in [0.3, 0.4) is 0 Å². The van der Waals surface area contributed by atoms with Crippen LogP contribution in [0, 0.1) is 11.7 Å². The van der Waals surface area contributed by atoms with Crippen LogP contribution in [0.25, 0.3) is 0 Å². The molecule has 2 aromatic rings. The quantitative estimate of drug-likeness (QED) is 0.468. The van der Waals surface area contributed by atoms with Crippen molar-refractivity contribution in [1.29, 1.82) is 0 Å². The van der Waals surface area contributed by atoms with E-state index in [1.807, 2.05) is 6.07 Å². The van der Waals surface area contributed by atoms with Gasteiger partial charge in [-0.05, 0) is 61.6 Å². The molecule has 0 aliphatic carbocycles. The van der Waals surface area contributed by atoms with Gasteiger partial charge in [-0.1, -0.05) is 18.2 Å². The van der Waals surface area contributed by atoms with Crippen LogP contribution in [0.15, 0.2) is 71.3 Å². The van der Waals surface area contributed by atoms with E-state index in [2.05, 4.69) is 10.4 Å². The van der Waals surface area contributed by atoms with Gasteiger partial charge in [-0.25, -0.2) is 4.39 Å². The molecule has 2 aromatic carbocycles. The Morgan fingerprint density at radius 3 is 2.37 bits per heavy atom. The Morgan fingerprint density at radius 2 is 1.70 bits per heavy atom. The number of nitrogens with zero attached hydrogens (tertiary/aromatic N) is 3. The highest BCUT2D eigenvalue weighted by Crippen LogP contribution is 2.27. The summed E-state index contributed by atoms with van der Waals surface area (Å²) in [4.78, 5) is 39.5. The van der Waals surface area contributed by atoms with Gasteiger partial charge in [-0.2, -0.15) is 10.1 Å². The summed E-state index contributed by atoms with van der Waals surface area (Å²) in [6.45, 7) is 1.65. The number of carbonyl (C=O) groups is 3. The Hall–Kier alpha value is -3.72. The lowest BCUT2D eigenvalue weighted by Crippen LogP contribution is -2.54. The minimum atomic E-state index is -0.878. The van der Waals surface area contributed by atoms with Gasteiger partial charge in [0.05, 0.1) is 23.0 Å². The summed E-state index contributed by atoms with van der Waals surface area (Å²) in [6.07, 6.45) is 1.29. The zero-order valence-corrected chi connectivity index (χ0v) is 16.5. The largest absolute Gasteiger partial charge is 0.298 e. The SMILES string of the molecule is CC1=NN(c2ccccc2)C(=O)[C@H]1/C=C1/C(=O)NC(=S)N(c2ccc(F)cc2)C1=O. The zero-order valence-electron chi connectivity index (χ0n) is 15.7. The maximum Gasteiger partial charge on any atom is 0.269 e. The second-order valence-electron chi connectivity index (χ2n) is 6.66. The fourth-order valence-corrected chi connectivity index (χ4v) is 3.48. The lowest BCUT2D eigenvalue weighted by molar-refractivity contribution is -0.122. The molecule has 2 heterocycles. The van der Waals surface area contributed by atoms with E-state index in [4.69, 9.17) is 12.2 Å². The second-order valence-corrected chi connectivity index (χ2v) is 7.05. The van der Waals surface area contributed by atoms with Crippen molar-refractivity contribution in [3.05, 3.63) is 72.1 Å². The number of para-hydroxylation sites is 1. The number of nitrogens with one attached hydrogen (secondary N) is 1. The van der Waals surface area contributed by atoms with Gasteiger partial charge < -0.3 is 0 Å². The van der Waals surface area contributed by atoms with E-state index in [-0.39, 0.29) is 16.6 Å². The molecule has 0 spiro atoms. The number of rotatable bonds is 3. The van der Waals surface area contributed by atoms with Gasteiger partial charge in [0.2, 0.25) is 0 Å². The number of hydrazone groups is 1. The predicted molar refractivity (Wildman–Crippen MR) is 113 cm³/mol. The van der Waals surface area contributed by atoms with Crippen LogP contribution >= 0.6 is 12.2 Å². The van der Waals surface area contributed by atoms with Crippen molar-refractivity contribution < 1.29 is 18.8 Å². The summed E-state index contributed by atoms with van der Waals surface area (Å²) in [5.74, 6) is -3.14. The molecule has 1 N–H and O–H groups in total. The first kappa shape index (κ1) is 19.6. The van der Waals surface area contributed by atoms with Gasteiger partial charge in [0.15, 0.2) is 5.11 Å². The Morgan fingerprint density at radius 1 is 1.03 bits per heavy atom. The number of hydrogen-bond donors (Lipinski definition) is 1. The summed E-state index contributed by atoms with van der Waals surface area (Å²) in [5.41, 5.74) is 1.08. The number of carbonyl (C=O) groups excluding carboxylic acids is 3. The molecule has 0 bridgehead atoms. The van der Waals surface area contributed by atoms with Crippen molar-refractivity contribution in [3.8, 4) is 0 Å². The average molecular weight is 422 g/mol. The van der Waals surface area contributed by atoms with Gasteiger partial charge in [-0.3, -0.25) is 24.6 Å². The molecule has 9 heteroatoms. The molecular formula is C21H15FN4O3S. The van der Waals surface area contributed by atoms with Crippen LogP contribution in [-0.4, -0.2) is 28.5 Å². The highest BCUT2D eigenvalue weighted by molar-refractivity contribution is 7.80. The molecule has 2 aliphatic heterocycles. The van der Waals surface area contributed by atoms with Crippen molar-refractivity contribution in [3.63, 3.8) is 0 Å². The fraction of sp³-hybridized carbons (Fsp3) is 0.0952. The number of amides is 3. The molecule has 4 rings (SSSR count). The van der Waals surface area contributed by atoms with Crippen LogP contribution in [0.4, 0.5) is 15.8 Å². The molecule has 0 radical (unpaired) electrons. The third-order valence-electron chi connectivity index (χ3n) is 4.70. The van der Waals surface area contributed by atoms with E-state index in [1.165, 1.54) is 35.4 Å². The van der Waals surface area contributed by atoms with E-state index in [1.54, 1.807) is 31.2 Å². The highest BCUT2D eigenvalue weighted by Gasteiger charge is 2.39. The minimum absolute atomic E-state index is 0.122. The van der Waals surface area contributed by atoms with Crippen LogP contribution in [0.5, 0.6) is 0 Å². The second kappa shape index (κ2) is 7.60. The van der Waals surface area contributed by atoms with Gasteiger partial charge in [0.1, 0.15) is 11.4 Å². The molecule has 3 amide bonds. The van der Waals surface area contributed by atoms with Crippen LogP contribution in [0.1, 0.15) is 6.92 Å². The zero-order chi connectivity index (χ0) is 21.4. The number of halogens is 1. The molecule has 7 nitrogen and oxygen atoms in total. The van der Waals surface area contributed by atoms with E-state index >= 15 is 0 Å². The van der Waals surface area contributed by atoms with Crippen molar-refractivity contribution in [1.82, 2.24) is 5.32 Å². The Balaban J connectivity index is 1.67. The monoisotopic (exact) mass is 422 g/mol. The summed E-state index contributed by atoms with van der Waals surface area (Å²) < 4.78 is 13.2. The average Bonchev–Trinajstić information content (AvgIpc) is 3.01. The van der Waals surface area contributed by atoms with E-state index in [0.29, 0.717) is 17.1 Å². The molecule has 0 aromatic heterocycles. The van der Waals surface area contributed by atoms with Gasteiger partial charge in [-0.15, -0.1) is 0 Å². The summed E-state index contributed by atoms with van der Waals surface area (Å²) in [5, 5.41) is 7.83. The van der Waals surface area contributed by atoms with E-state index in [9.17, 15) is 18.8 Å². The molecular weight excluding hydrogens is 407 g/mol. The minimum Gasteiger partial charge on any atom is -0.298 e. The maximum absolute atomic E-state index is 13.2. The molecule has 0 saturated carbocycles. The van der Waals surface area contributed by atoms with Crippen LogP contribution in [0.2, 0.25) is 0 Å². The standard InChI is InChI=1S/C21H15FN4O3S/c1-12-16(20(29)26(24-12)15-5-3-2-4-6-15)11-17-18(27)23-21(30)25(19(17)28)14-9-7-13(22)8-10-14/h2-11,16H,1H3,(H,23,27,30)/b17-11-/t16-/m0/s1. The third-order valence-corrected chi connectivity index (χ3v) is 4.99.